The molecule has 11 nitrogen and oxygen atoms in total. The Morgan fingerprint density at radius 3 is 1.50 bits per heavy atom. The summed E-state index contributed by atoms with van der Waals surface area (Å²) < 4.78 is 16.7. The van der Waals surface area contributed by atoms with E-state index < -0.39 is 49.5 Å². The van der Waals surface area contributed by atoms with Gasteiger partial charge in [0.2, 0.25) is 5.91 Å². The maximum atomic E-state index is 13.0. The van der Waals surface area contributed by atoms with Crippen LogP contribution in [0.4, 0.5) is 0 Å². The van der Waals surface area contributed by atoms with E-state index in [9.17, 15) is 35.1 Å². The summed E-state index contributed by atoms with van der Waals surface area (Å²) in [7, 11) is 0. The van der Waals surface area contributed by atoms with Gasteiger partial charge in [0.15, 0.2) is 6.29 Å². The van der Waals surface area contributed by atoms with E-state index in [2.05, 4.69) is 43.5 Å². The lowest BCUT2D eigenvalue weighted by atomic mass is 9.99. The van der Waals surface area contributed by atoms with Crippen LogP contribution in [0.2, 0.25) is 0 Å². The highest BCUT2D eigenvalue weighted by Crippen LogP contribution is 2.23. The predicted molar refractivity (Wildman–Crippen MR) is 269 cm³/mol. The zero-order valence-corrected chi connectivity index (χ0v) is 42.2. The van der Waals surface area contributed by atoms with Crippen LogP contribution in [-0.2, 0) is 23.8 Å². The molecule has 1 heterocycles. The molecule has 0 saturated carbocycles. The summed E-state index contributed by atoms with van der Waals surface area (Å²) in [4.78, 5) is 25.0. The zero-order chi connectivity index (χ0) is 48.1. The van der Waals surface area contributed by atoms with Gasteiger partial charge < -0.3 is 45.1 Å². The Balaban J connectivity index is 2.23. The first kappa shape index (κ1) is 61.9. The first-order valence-corrected chi connectivity index (χ1v) is 27.3. The Hall–Kier alpha value is -2.12. The molecule has 1 aliphatic heterocycles. The minimum atomic E-state index is -1.59. The van der Waals surface area contributed by atoms with Crippen molar-refractivity contribution >= 4 is 11.9 Å². The van der Waals surface area contributed by atoms with E-state index in [1.165, 1.54) is 128 Å². The third-order valence-corrected chi connectivity index (χ3v) is 12.7. The van der Waals surface area contributed by atoms with Crippen LogP contribution >= 0.6 is 0 Å². The minimum absolute atomic E-state index is 0.0357. The number of hydrogen-bond acceptors (Lipinski definition) is 10. The van der Waals surface area contributed by atoms with Crippen LogP contribution in [0, 0.1) is 0 Å². The number of ether oxygens (including phenoxy) is 3. The number of aliphatic hydroxyl groups is 5. The first-order valence-electron chi connectivity index (χ1n) is 27.3. The molecule has 0 aliphatic carbocycles. The molecule has 386 valence electrons. The molecule has 1 saturated heterocycles. The highest BCUT2D eigenvalue weighted by atomic mass is 16.7. The standard InChI is InChI=1S/C55H101NO10/c1-3-5-7-9-11-13-15-16-17-18-22-25-29-33-37-41-48(58)47(46-65-55-54(63)53(62)52(61)49(45-57)66-55)56-50(59)42-38-34-30-26-23-19-20-24-28-32-36-40-44-64-51(60)43-39-35-31-27-21-14-12-10-8-6-4-2/h15-16,22,25,37,41,47-49,52-55,57-58,61-63H,3-14,17-21,23-24,26-36,38-40,42-46H2,1-2H3,(H,56,59)/b16-15+,25-22+,41-37+. The first-order chi connectivity index (χ1) is 32.2. The van der Waals surface area contributed by atoms with Crippen molar-refractivity contribution in [1.29, 1.82) is 0 Å². The Morgan fingerprint density at radius 2 is 0.985 bits per heavy atom. The second-order valence-electron chi connectivity index (χ2n) is 18.9. The smallest absolute Gasteiger partial charge is 0.305 e. The van der Waals surface area contributed by atoms with Crippen LogP contribution in [0.3, 0.4) is 0 Å². The van der Waals surface area contributed by atoms with Gasteiger partial charge in [0.1, 0.15) is 24.4 Å². The van der Waals surface area contributed by atoms with Crippen LogP contribution in [0.5, 0.6) is 0 Å². The van der Waals surface area contributed by atoms with Gasteiger partial charge >= 0.3 is 5.97 Å². The number of amides is 1. The van der Waals surface area contributed by atoms with Gasteiger partial charge in [-0.25, -0.2) is 0 Å². The molecule has 0 aromatic heterocycles. The molecule has 11 heteroatoms. The monoisotopic (exact) mass is 936 g/mol. The Morgan fingerprint density at radius 1 is 0.545 bits per heavy atom. The van der Waals surface area contributed by atoms with E-state index in [0.29, 0.717) is 19.4 Å². The second kappa shape index (κ2) is 45.3. The SMILES string of the molecule is CCCCCCC/C=C/CC/C=C/CC/C=C/C(O)C(COC1OC(CO)C(O)C(O)C1O)NC(=O)CCCCCCCCCCCCCCOC(=O)CCCCCCCCCCCCC. The lowest BCUT2D eigenvalue weighted by Crippen LogP contribution is -2.60. The van der Waals surface area contributed by atoms with E-state index in [0.717, 1.165) is 83.5 Å². The van der Waals surface area contributed by atoms with Crippen LogP contribution < -0.4 is 5.32 Å². The fourth-order valence-corrected chi connectivity index (χ4v) is 8.35. The number of esters is 1. The van der Waals surface area contributed by atoms with Gasteiger partial charge in [0.25, 0.3) is 0 Å². The number of rotatable bonds is 46. The van der Waals surface area contributed by atoms with Crippen molar-refractivity contribution in [2.24, 2.45) is 0 Å². The molecule has 1 rings (SSSR count). The lowest BCUT2D eigenvalue weighted by molar-refractivity contribution is -0.302. The number of aliphatic hydroxyl groups excluding tert-OH is 5. The molecule has 66 heavy (non-hydrogen) atoms. The maximum Gasteiger partial charge on any atom is 0.305 e. The molecule has 0 radical (unpaired) electrons. The number of unbranched alkanes of at least 4 members (excludes halogenated alkanes) is 28. The van der Waals surface area contributed by atoms with Crippen molar-refractivity contribution in [3.63, 3.8) is 0 Å². The van der Waals surface area contributed by atoms with Gasteiger partial charge in [-0.3, -0.25) is 9.59 Å². The van der Waals surface area contributed by atoms with E-state index in [4.69, 9.17) is 14.2 Å². The molecule has 0 spiro atoms. The normalized spacial score (nSPS) is 19.9. The molecule has 1 amide bonds. The summed E-state index contributed by atoms with van der Waals surface area (Å²) >= 11 is 0. The Bertz CT molecular complexity index is 1190. The quantitative estimate of drug-likeness (QED) is 0.0196. The molecule has 1 aliphatic rings. The van der Waals surface area contributed by atoms with Crippen molar-refractivity contribution in [3.8, 4) is 0 Å². The van der Waals surface area contributed by atoms with Gasteiger partial charge in [0, 0.05) is 12.8 Å². The third-order valence-electron chi connectivity index (χ3n) is 12.7. The average Bonchev–Trinajstić information content (AvgIpc) is 3.31. The summed E-state index contributed by atoms with van der Waals surface area (Å²) in [6, 6.07) is -0.846. The molecule has 0 aromatic carbocycles. The summed E-state index contributed by atoms with van der Waals surface area (Å²) in [5, 5.41) is 54.3. The number of allylic oxidation sites excluding steroid dienone is 5. The van der Waals surface area contributed by atoms with Crippen LogP contribution in [0.15, 0.2) is 36.5 Å². The number of nitrogens with one attached hydrogen (secondary N) is 1. The maximum absolute atomic E-state index is 13.0. The van der Waals surface area contributed by atoms with Crippen molar-refractivity contribution in [2.75, 3.05) is 19.8 Å². The molecular formula is C55H101NO10. The molecule has 1 fully saturated rings. The highest BCUT2D eigenvalue weighted by molar-refractivity contribution is 5.76. The molecule has 6 N–H and O–H groups in total. The number of carbonyl (C=O) groups excluding carboxylic acids is 2. The summed E-state index contributed by atoms with van der Waals surface area (Å²) in [5.41, 5.74) is 0. The molecule has 7 unspecified atom stereocenters. The van der Waals surface area contributed by atoms with Gasteiger partial charge in [-0.05, 0) is 57.8 Å². The topological polar surface area (TPSA) is 175 Å². The fourth-order valence-electron chi connectivity index (χ4n) is 8.35. The van der Waals surface area contributed by atoms with Gasteiger partial charge in [-0.15, -0.1) is 0 Å². The molecule has 0 bridgehead atoms. The third kappa shape index (κ3) is 35.1. The van der Waals surface area contributed by atoms with Crippen LogP contribution in [0.1, 0.15) is 239 Å². The Labute approximate surface area is 403 Å². The van der Waals surface area contributed by atoms with E-state index in [1.54, 1.807) is 6.08 Å². The van der Waals surface area contributed by atoms with Gasteiger partial charge in [-0.2, -0.15) is 0 Å². The lowest BCUT2D eigenvalue weighted by Gasteiger charge is -2.40. The summed E-state index contributed by atoms with van der Waals surface area (Å²) in [5.74, 6) is -0.248. The fraction of sp³-hybridized carbons (Fsp3) is 0.855. The van der Waals surface area contributed by atoms with Crippen molar-refractivity contribution in [2.45, 2.75) is 281 Å². The summed E-state index contributed by atoms with van der Waals surface area (Å²) in [6.45, 7) is 4.24. The Kier molecular flexibility index (Phi) is 42.5. The highest BCUT2D eigenvalue weighted by Gasteiger charge is 2.44. The molecule has 7 atom stereocenters. The van der Waals surface area contributed by atoms with E-state index in [1.807, 2.05) is 6.08 Å². The minimum Gasteiger partial charge on any atom is -0.466 e. The van der Waals surface area contributed by atoms with Crippen molar-refractivity contribution < 1.29 is 49.3 Å². The van der Waals surface area contributed by atoms with Crippen molar-refractivity contribution in [1.82, 2.24) is 5.32 Å². The number of carbonyl (C=O) groups is 2. The van der Waals surface area contributed by atoms with Gasteiger partial charge in [0.05, 0.1) is 32.0 Å². The van der Waals surface area contributed by atoms with E-state index in [-0.39, 0.29) is 18.5 Å². The van der Waals surface area contributed by atoms with Gasteiger partial charge in [-0.1, -0.05) is 204 Å². The van der Waals surface area contributed by atoms with E-state index >= 15 is 0 Å². The number of hydrogen-bond donors (Lipinski definition) is 6. The van der Waals surface area contributed by atoms with Crippen LogP contribution in [-0.4, -0.2) is 100 Å². The van der Waals surface area contributed by atoms with Crippen molar-refractivity contribution in [3.05, 3.63) is 36.5 Å². The average molecular weight is 936 g/mol. The summed E-state index contributed by atoms with van der Waals surface area (Å²) in [6.07, 6.45) is 43.5. The largest absolute Gasteiger partial charge is 0.466 e. The predicted octanol–water partition coefficient (Wildman–Crippen LogP) is 11.6. The molecule has 0 aromatic rings. The second-order valence-corrected chi connectivity index (χ2v) is 18.9. The van der Waals surface area contributed by atoms with Crippen LogP contribution in [0.25, 0.3) is 0 Å². The zero-order valence-electron chi connectivity index (χ0n) is 42.2. The molecular weight excluding hydrogens is 835 g/mol.